The summed E-state index contributed by atoms with van der Waals surface area (Å²) in [5.41, 5.74) is 11.1. The van der Waals surface area contributed by atoms with Gasteiger partial charge >= 0.3 is 0 Å². The molecule has 0 saturated carbocycles. The van der Waals surface area contributed by atoms with Crippen LogP contribution in [0.5, 0.6) is 0 Å². The summed E-state index contributed by atoms with van der Waals surface area (Å²) in [6.45, 7) is 4.34. The van der Waals surface area contributed by atoms with E-state index in [9.17, 15) is 4.79 Å². The third-order valence-corrected chi connectivity index (χ3v) is 6.99. The highest BCUT2D eigenvalue weighted by Gasteiger charge is 2.36. The van der Waals surface area contributed by atoms with Gasteiger partial charge in [-0.05, 0) is 91.2 Å². The number of anilines is 3. The van der Waals surface area contributed by atoms with Crippen LogP contribution < -0.4 is 10.4 Å². The van der Waals surface area contributed by atoms with Gasteiger partial charge in [-0.1, -0.05) is 54.6 Å². The van der Waals surface area contributed by atoms with Crippen molar-refractivity contribution in [1.29, 1.82) is 0 Å². The van der Waals surface area contributed by atoms with Gasteiger partial charge in [-0.3, -0.25) is 15.2 Å². The summed E-state index contributed by atoms with van der Waals surface area (Å²) in [4.78, 5) is 13.1. The van der Waals surface area contributed by atoms with E-state index >= 15 is 0 Å². The molecule has 0 aliphatic carbocycles. The van der Waals surface area contributed by atoms with Gasteiger partial charge in [-0.25, -0.2) is 0 Å². The molecule has 6 rings (SSSR count). The number of hydrogen-bond acceptors (Lipinski definition) is 3. The van der Waals surface area contributed by atoms with E-state index < -0.39 is 0 Å². The highest BCUT2D eigenvalue weighted by molar-refractivity contribution is 6.10. The number of hydrogen-bond donors (Lipinski definition) is 1. The lowest BCUT2D eigenvalue weighted by Crippen LogP contribution is -2.36. The van der Waals surface area contributed by atoms with Crippen LogP contribution in [0.2, 0.25) is 0 Å². The van der Waals surface area contributed by atoms with Crippen LogP contribution in [0.25, 0.3) is 11.1 Å². The Labute approximate surface area is 211 Å². The fraction of sp³-hybridized carbons (Fsp3) is 0.0938. The maximum Gasteiger partial charge on any atom is 0.209 e. The first-order chi connectivity index (χ1) is 17.5. The third-order valence-electron chi connectivity index (χ3n) is 6.99. The first-order valence-corrected chi connectivity index (χ1v) is 12.2. The molecule has 0 amide bonds. The summed E-state index contributed by atoms with van der Waals surface area (Å²) < 4.78 is 2.08. The quantitative estimate of drug-likeness (QED) is 0.269. The van der Waals surface area contributed by atoms with Crippen LogP contribution in [0, 0.1) is 0 Å². The number of aromatic nitrogens is 1. The number of nitrogens with one attached hydrogen (secondary N) is 1. The second kappa shape index (κ2) is 8.58. The Bertz CT molecular complexity index is 1530. The van der Waals surface area contributed by atoms with Crippen LogP contribution in [-0.2, 0) is 5.54 Å². The average Bonchev–Trinajstić information content (AvgIpc) is 3.43. The zero-order valence-corrected chi connectivity index (χ0v) is 20.3. The van der Waals surface area contributed by atoms with Crippen LogP contribution in [0.15, 0.2) is 121 Å². The predicted octanol–water partition coefficient (Wildman–Crippen LogP) is 7.65. The van der Waals surface area contributed by atoms with Crippen molar-refractivity contribution in [3.63, 3.8) is 0 Å². The van der Waals surface area contributed by atoms with Crippen molar-refractivity contribution in [3.8, 4) is 11.1 Å². The van der Waals surface area contributed by atoms with E-state index in [-0.39, 0.29) is 11.3 Å². The molecule has 1 N–H and O–H groups in total. The van der Waals surface area contributed by atoms with Gasteiger partial charge in [-0.2, -0.15) is 0 Å². The largest absolute Gasteiger partial charge is 0.335 e. The average molecular weight is 470 g/mol. The zero-order valence-electron chi connectivity index (χ0n) is 20.3. The minimum Gasteiger partial charge on any atom is -0.335 e. The molecule has 0 saturated heterocycles. The van der Waals surface area contributed by atoms with Gasteiger partial charge in [0.05, 0.1) is 28.3 Å². The number of nitrogens with zero attached hydrogens (tertiary/aromatic N) is 2. The van der Waals surface area contributed by atoms with E-state index in [0.29, 0.717) is 0 Å². The maximum absolute atomic E-state index is 13.1. The van der Waals surface area contributed by atoms with Crippen molar-refractivity contribution in [1.82, 2.24) is 4.57 Å². The molecule has 4 aromatic carbocycles. The van der Waals surface area contributed by atoms with Crippen LogP contribution in [0.4, 0.5) is 17.1 Å². The second-order valence-electron chi connectivity index (χ2n) is 9.61. The van der Waals surface area contributed by atoms with Crippen LogP contribution in [0.1, 0.15) is 35.5 Å². The highest BCUT2D eigenvalue weighted by atomic mass is 16.1. The summed E-state index contributed by atoms with van der Waals surface area (Å²) in [6, 6.07) is 39.0. The standard InChI is InChI=1S/C32H27N3O/c1-32(2)29-22-24(17-20-28(29)31(36)30-14-9-21-34(30)32)23-15-18-27(19-16-23)35(26-12-7-4-8-13-26)33-25-10-5-3-6-11-25/h3-22,33H,1-2H3. The maximum atomic E-state index is 13.1. The van der Waals surface area contributed by atoms with Crippen LogP contribution in [-0.4, -0.2) is 10.4 Å². The van der Waals surface area contributed by atoms with Crippen molar-refractivity contribution in [3.05, 3.63) is 138 Å². The molecule has 0 unspecified atom stereocenters. The van der Waals surface area contributed by atoms with E-state index in [4.69, 9.17) is 0 Å². The number of carbonyl (C=O) groups excluding carboxylic acids is 1. The van der Waals surface area contributed by atoms with E-state index in [1.165, 1.54) is 0 Å². The molecule has 176 valence electrons. The molecule has 0 radical (unpaired) electrons. The minimum absolute atomic E-state index is 0.0849. The van der Waals surface area contributed by atoms with Crippen LogP contribution >= 0.6 is 0 Å². The Hall–Kier alpha value is -4.57. The van der Waals surface area contributed by atoms with Crippen molar-refractivity contribution >= 4 is 22.8 Å². The number of rotatable bonds is 5. The molecule has 0 spiro atoms. The molecular formula is C32H27N3O. The zero-order chi connectivity index (χ0) is 24.7. The third kappa shape index (κ3) is 3.68. The summed E-state index contributed by atoms with van der Waals surface area (Å²) in [5, 5.41) is 2.08. The number of fused-ring (bicyclic) bond motifs is 2. The summed E-state index contributed by atoms with van der Waals surface area (Å²) in [6.07, 6.45) is 2.00. The Balaban J connectivity index is 1.35. The summed E-state index contributed by atoms with van der Waals surface area (Å²) in [5.74, 6) is 0.0849. The Kier molecular flexibility index (Phi) is 5.23. The monoisotopic (exact) mass is 469 g/mol. The van der Waals surface area contributed by atoms with Crippen molar-refractivity contribution in [2.75, 3.05) is 10.4 Å². The molecule has 1 aliphatic heterocycles. The molecule has 0 atom stereocenters. The summed E-state index contributed by atoms with van der Waals surface area (Å²) in [7, 11) is 0. The molecule has 0 fully saturated rings. The molecule has 5 aromatic rings. The SMILES string of the molecule is CC1(C)c2cc(-c3ccc(N(Nc4ccccc4)c4ccccc4)cc3)ccc2C(=O)c2cccn21. The van der Waals surface area contributed by atoms with Gasteiger partial charge in [0.2, 0.25) is 5.78 Å². The fourth-order valence-electron chi connectivity index (χ4n) is 5.05. The lowest BCUT2D eigenvalue weighted by atomic mass is 9.82. The van der Waals surface area contributed by atoms with Gasteiger partial charge in [-0.15, -0.1) is 0 Å². The van der Waals surface area contributed by atoms with E-state index in [2.05, 4.69) is 89.5 Å². The predicted molar refractivity (Wildman–Crippen MR) is 147 cm³/mol. The van der Waals surface area contributed by atoms with Gasteiger partial charge in [0.15, 0.2) is 0 Å². The second-order valence-corrected chi connectivity index (χ2v) is 9.61. The molecule has 4 nitrogen and oxygen atoms in total. The molecule has 4 heteroatoms. The normalized spacial score (nSPS) is 13.6. The smallest absolute Gasteiger partial charge is 0.209 e. The first kappa shape index (κ1) is 21.9. The van der Waals surface area contributed by atoms with E-state index in [0.717, 1.165) is 45.0 Å². The topological polar surface area (TPSA) is 37.3 Å². The Morgan fingerprint density at radius 2 is 1.33 bits per heavy atom. The minimum atomic E-state index is -0.304. The fourth-order valence-corrected chi connectivity index (χ4v) is 5.05. The number of benzene rings is 4. The van der Waals surface area contributed by atoms with Crippen molar-refractivity contribution in [2.45, 2.75) is 19.4 Å². The number of ketones is 1. The summed E-state index contributed by atoms with van der Waals surface area (Å²) >= 11 is 0. The molecular weight excluding hydrogens is 442 g/mol. The van der Waals surface area contributed by atoms with E-state index in [1.807, 2.05) is 60.8 Å². The van der Waals surface area contributed by atoms with Gasteiger partial charge in [0, 0.05) is 11.8 Å². The highest BCUT2D eigenvalue weighted by Crippen LogP contribution is 2.38. The lowest BCUT2D eigenvalue weighted by Gasteiger charge is -2.35. The number of hydrazine groups is 1. The first-order valence-electron chi connectivity index (χ1n) is 12.2. The number of carbonyl (C=O) groups is 1. The molecule has 2 heterocycles. The molecule has 1 aliphatic rings. The van der Waals surface area contributed by atoms with Crippen molar-refractivity contribution in [2.24, 2.45) is 0 Å². The van der Waals surface area contributed by atoms with Gasteiger partial charge < -0.3 is 4.57 Å². The van der Waals surface area contributed by atoms with Gasteiger partial charge in [0.1, 0.15) is 0 Å². The Morgan fingerprint density at radius 3 is 2.06 bits per heavy atom. The molecule has 36 heavy (non-hydrogen) atoms. The molecule has 1 aromatic heterocycles. The molecule has 0 bridgehead atoms. The lowest BCUT2D eigenvalue weighted by molar-refractivity contribution is 0.101. The van der Waals surface area contributed by atoms with Crippen molar-refractivity contribution < 1.29 is 4.79 Å². The van der Waals surface area contributed by atoms with E-state index in [1.54, 1.807) is 0 Å². The number of para-hydroxylation sites is 2. The van der Waals surface area contributed by atoms with Gasteiger partial charge in [0.25, 0.3) is 0 Å². The Morgan fingerprint density at radius 1 is 0.694 bits per heavy atom. The van der Waals surface area contributed by atoms with Crippen LogP contribution in [0.3, 0.4) is 0 Å².